The summed E-state index contributed by atoms with van der Waals surface area (Å²) in [5, 5.41) is 14.7. The van der Waals surface area contributed by atoms with Crippen molar-refractivity contribution in [3.63, 3.8) is 0 Å². The number of nitrogens with zero attached hydrogens (tertiary/aromatic N) is 3. The normalized spacial score (nSPS) is 17.7. The molecule has 0 saturated carbocycles. The molecule has 106 valence electrons. The average Bonchev–Trinajstić information content (AvgIpc) is 2.78. The van der Waals surface area contributed by atoms with Crippen LogP contribution in [0.25, 0.3) is 0 Å². The summed E-state index contributed by atoms with van der Waals surface area (Å²) >= 11 is 0.524. The first kappa shape index (κ1) is 14.0. The summed E-state index contributed by atoms with van der Waals surface area (Å²) < 4.78 is 37.2. The molecule has 0 aromatic carbocycles. The number of hydrogen-bond donors (Lipinski definition) is 1. The number of carboxylic acids is 1. The molecule has 0 amide bonds. The highest BCUT2D eigenvalue weighted by Gasteiger charge is 2.36. The lowest BCUT2D eigenvalue weighted by molar-refractivity contribution is -0.139. The molecule has 19 heavy (non-hydrogen) atoms. The van der Waals surface area contributed by atoms with Gasteiger partial charge in [0.05, 0.1) is 0 Å². The van der Waals surface area contributed by atoms with Crippen molar-refractivity contribution in [2.45, 2.75) is 25.4 Å². The Hall–Kier alpha value is -1.38. The van der Waals surface area contributed by atoms with E-state index < -0.39 is 17.2 Å². The molecule has 1 N–H and O–H groups in total. The molecular formula is C10H12F3N3O2S. The quantitative estimate of drug-likeness (QED) is 0.926. The molecule has 1 saturated heterocycles. The first-order chi connectivity index (χ1) is 8.86. The van der Waals surface area contributed by atoms with Gasteiger partial charge in [-0.05, 0) is 18.8 Å². The van der Waals surface area contributed by atoms with Gasteiger partial charge in [0, 0.05) is 19.5 Å². The van der Waals surface area contributed by atoms with Crippen LogP contribution in [0.4, 0.5) is 18.3 Å². The lowest BCUT2D eigenvalue weighted by Crippen LogP contribution is -2.34. The predicted octanol–water partition coefficient (Wildman–Crippen LogP) is 2.25. The van der Waals surface area contributed by atoms with Crippen LogP contribution in [0.1, 0.15) is 24.3 Å². The fourth-order valence-corrected chi connectivity index (χ4v) is 2.80. The van der Waals surface area contributed by atoms with E-state index in [9.17, 15) is 18.0 Å². The number of anilines is 1. The van der Waals surface area contributed by atoms with Gasteiger partial charge in [0.2, 0.25) is 10.1 Å². The zero-order valence-electron chi connectivity index (χ0n) is 9.85. The van der Waals surface area contributed by atoms with Gasteiger partial charge in [-0.3, -0.25) is 4.79 Å². The van der Waals surface area contributed by atoms with Gasteiger partial charge in [-0.25, -0.2) is 0 Å². The van der Waals surface area contributed by atoms with Crippen molar-refractivity contribution in [3.05, 3.63) is 5.01 Å². The number of aromatic nitrogens is 2. The third-order valence-corrected chi connectivity index (χ3v) is 4.03. The van der Waals surface area contributed by atoms with E-state index in [1.165, 1.54) is 0 Å². The second kappa shape index (κ2) is 5.32. The molecule has 1 fully saturated rings. The van der Waals surface area contributed by atoms with E-state index in [4.69, 9.17) is 5.11 Å². The maximum Gasteiger partial charge on any atom is 0.445 e. The lowest BCUT2D eigenvalue weighted by atomic mass is 9.94. The number of piperidine rings is 1. The Kier molecular flexibility index (Phi) is 3.93. The van der Waals surface area contributed by atoms with Crippen molar-refractivity contribution < 1.29 is 23.1 Å². The van der Waals surface area contributed by atoms with Gasteiger partial charge in [0.15, 0.2) is 0 Å². The van der Waals surface area contributed by atoms with Gasteiger partial charge in [-0.2, -0.15) is 13.2 Å². The number of hydrogen-bond acceptors (Lipinski definition) is 5. The Balaban J connectivity index is 1.94. The van der Waals surface area contributed by atoms with E-state index in [-0.39, 0.29) is 17.5 Å². The van der Waals surface area contributed by atoms with Gasteiger partial charge in [-0.15, -0.1) is 10.2 Å². The topological polar surface area (TPSA) is 66.3 Å². The summed E-state index contributed by atoms with van der Waals surface area (Å²) in [4.78, 5) is 12.3. The van der Waals surface area contributed by atoms with Gasteiger partial charge < -0.3 is 10.0 Å². The first-order valence-corrected chi connectivity index (χ1v) is 6.55. The minimum Gasteiger partial charge on any atom is -0.481 e. The number of carboxylic acid groups (broad SMARTS) is 1. The highest BCUT2D eigenvalue weighted by Crippen LogP contribution is 2.35. The molecule has 0 aliphatic carbocycles. The van der Waals surface area contributed by atoms with Crippen LogP contribution in [0.15, 0.2) is 0 Å². The van der Waals surface area contributed by atoms with Crippen LogP contribution in [0.2, 0.25) is 0 Å². The Morgan fingerprint density at radius 3 is 2.47 bits per heavy atom. The Morgan fingerprint density at radius 2 is 2.00 bits per heavy atom. The van der Waals surface area contributed by atoms with Crippen molar-refractivity contribution in [1.29, 1.82) is 0 Å². The smallest absolute Gasteiger partial charge is 0.445 e. The molecule has 9 heteroatoms. The summed E-state index contributed by atoms with van der Waals surface area (Å²) in [6.07, 6.45) is -3.06. The van der Waals surface area contributed by atoms with Gasteiger partial charge in [0.1, 0.15) is 0 Å². The van der Waals surface area contributed by atoms with E-state index in [2.05, 4.69) is 10.2 Å². The maximum atomic E-state index is 12.4. The fraction of sp³-hybridized carbons (Fsp3) is 0.700. The Morgan fingerprint density at radius 1 is 1.37 bits per heavy atom. The molecule has 2 heterocycles. The predicted molar refractivity (Wildman–Crippen MR) is 62.1 cm³/mol. The minimum atomic E-state index is -4.46. The molecule has 0 atom stereocenters. The van der Waals surface area contributed by atoms with E-state index >= 15 is 0 Å². The summed E-state index contributed by atoms with van der Waals surface area (Å²) in [5.41, 5.74) is 0. The molecule has 1 aromatic rings. The molecule has 0 radical (unpaired) electrons. The second-order valence-corrected chi connectivity index (χ2v) is 5.37. The summed E-state index contributed by atoms with van der Waals surface area (Å²) in [5.74, 6) is -0.752. The average molecular weight is 295 g/mol. The molecule has 2 rings (SSSR count). The van der Waals surface area contributed by atoms with Crippen LogP contribution in [-0.4, -0.2) is 34.4 Å². The number of aliphatic carboxylic acids is 1. The van der Waals surface area contributed by atoms with Crippen LogP contribution in [0, 0.1) is 5.92 Å². The number of carbonyl (C=O) groups is 1. The highest BCUT2D eigenvalue weighted by molar-refractivity contribution is 7.15. The van der Waals surface area contributed by atoms with E-state index in [1.807, 2.05) is 0 Å². The molecular weight excluding hydrogens is 283 g/mol. The zero-order valence-corrected chi connectivity index (χ0v) is 10.7. The van der Waals surface area contributed by atoms with Gasteiger partial charge in [-0.1, -0.05) is 11.3 Å². The number of rotatable bonds is 3. The van der Waals surface area contributed by atoms with Crippen LogP contribution in [-0.2, 0) is 11.0 Å². The monoisotopic (exact) mass is 295 g/mol. The summed E-state index contributed by atoms with van der Waals surface area (Å²) in [7, 11) is 0. The number of alkyl halides is 3. The van der Waals surface area contributed by atoms with Crippen LogP contribution in [0.3, 0.4) is 0 Å². The SMILES string of the molecule is O=C(O)CC1CCN(c2nnc(C(F)(F)F)s2)CC1. The summed E-state index contributed by atoms with van der Waals surface area (Å²) in [6, 6.07) is 0. The fourth-order valence-electron chi connectivity index (χ4n) is 2.03. The molecule has 0 bridgehead atoms. The van der Waals surface area contributed by atoms with Crippen molar-refractivity contribution >= 4 is 22.4 Å². The van der Waals surface area contributed by atoms with Crippen LogP contribution >= 0.6 is 11.3 Å². The molecule has 1 aliphatic heterocycles. The second-order valence-electron chi connectivity index (χ2n) is 4.42. The third-order valence-electron chi connectivity index (χ3n) is 3.01. The Bertz CT molecular complexity index is 455. The molecule has 0 unspecified atom stereocenters. The minimum absolute atomic E-state index is 0.0868. The largest absolute Gasteiger partial charge is 0.481 e. The van der Waals surface area contributed by atoms with Crippen molar-refractivity contribution in [1.82, 2.24) is 10.2 Å². The number of halogens is 3. The highest BCUT2D eigenvalue weighted by atomic mass is 32.1. The van der Waals surface area contributed by atoms with Crippen LogP contribution < -0.4 is 4.90 Å². The lowest BCUT2D eigenvalue weighted by Gasteiger charge is -2.30. The van der Waals surface area contributed by atoms with E-state index in [0.717, 1.165) is 0 Å². The molecule has 1 aromatic heterocycles. The summed E-state index contributed by atoms with van der Waals surface area (Å²) in [6.45, 7) is 1.04. The van der Waals surface area contributed by atoms with Crippen LogP contribution in [0.5, 0.6) is 0 Å². The Labute approximate surface area is 111 Å². The molecule has 1 aliphatic rings. The van der Waals surface area contributed by atoms with Gasteiger partial charge in [0.25, 0.3) is 0 Å². The zero-order chi connectivity index (χ0) is 14.0. The van der Waals surface area contributed by atoms with E-state index in [0.29, 0.717) is 37.3 Å². The van der Waals surface area contributed by atoms with Crippen molar-refractivity contribution in [2.24, 2.45) is 5.92 Å². The molecule has 0 spiro atoms. The standard InChI is InChI=1S/C10H12F3N3O2S/c11-10(12,13)8-14-15-9(19-8)16-3-1-6(2-4-16)5-7(17)18/h6H,1-5H2,(H,17,18). The van der Waals surface area contributed by atoms with Crippen molar-refractivity contribution in [2.75, 3.05) is 18.0 Å². The van der Waals surface area contributed by atoms with E-state index in [1.54, 1.807) is 4.90 Å². The first-order valence-electron chi connectivity index (χ1n) is 5.73. The maximum absolute atomic E-state index is 12.4. The molecule has 5 nitrogen and oxygen atoms in total. The van der Waals surface area contributed by atoms with Crippen molar-refractivity contribution in [3.8, 4) is 0 Å². The third kappa shape index (κ3) is 3.55. The van der Waals surface area contributed by atoms with Gasteiger partial charge >= 0.3 is 12.1 Å².